The minimum absolute atomic E-state index is 0.00558. The van der Waals surface area contributed by atoms with Gasteiger partial charge < -0.3 is 5.73 Å². The van der Waals surface area contributed by atoms with E-state index >= 15 is 0 Å². The van der Waals surface area contributed by atoms with Crippen molar-refractivity contribution in [3.05, 3.63) is 35.4 Å². The Kier molecular flexibility index (Phi) is 3.02. The summed E-state index contributed by atoms with van der Waals surface area (Å²) in [6, 6.07) is 6.17. The van der Waals surface area contributed by atoms with Crippen LogP contribution in [0.1, 0.15) is 15.9 Å². The molecule has 1 aromatic carbocycles. The number of primary amides is 1. The standard InChI is InChI=1S/C8H9NO3S/c9-8(10)7-3-1-6(2-4-7)5-13(11)12/h1-4,13H,5H2,(H2,9,10). The van der Waals surface area contributed by atoms with E-state index in [4.69, 9.17) is 5.73 Å². The Bertz CT molecular complexity index is 373. The fraction of sp³-hybridized carbons (Fsp3) is 0.125. The first-order valence-corrected chi connectivity index (χ1v) is 4.96. The molecule has 1 amide bonds. The molecule has 13 heavy (non-hydrogen) atoms. The maximum absolute atomic E-state index is 10.6. The van der Waals surface area contributed by atoms with Crippen LogP contribution in [0.15, 0.2) is 24.3 Å². The maximum Gasteiger partial charge on any atom is 0.248 e. The summed E-state index contributed by atoms with van der Waals surface area (Å²) in [5, 5.41) is 0. The third-order valence-corrected chi connectivity index (χ3v) is 2.17. The molecule has 0 heterocycles. The van der Waals surface area contributed by atoms with E-state index in [-0.39, 0.29) is 5.75 Å². The van der Waals surface area contributed by atoms with E-state index in [1.165, 1.54) is 12.1 Å². The van der Waals surface area contributed by atoms with Gasteiger partial charge in [-0.05, 0) is 17.7 Å². The molecule has 0 spiro atoms. The molecule has 0 aliphatic carbocycles. The zero-order chi connectivity index (χ0) is 9.84. The number of benzene rings is 1. The van der Waals surface area contributed by atoms with Gasteiger partial charge in [0.1, 0.15) is 10.7 Å². The first-order chi connectivity index (χ1) is 6.09. The minimum atomic E-state index is -2.42. The molecular formula is C8H9NO3S. The second kappa shape index (κ2) is 4.04. The van der Waals surface area contributed by atoms with Crippen LogP contribution in [0.2, 0.25) is 0 Å². The van der Waals surface area contributed by atoms with E-state index in [9.17, 15) is 13.2 Å². The highest BCUT2D eigenvalue weighted by atomic mass is 32.2. The van der Waals surface area contributed by atoms with Crippen LogP contribution in [0.5, 0.6) is 0 Å². The van der Waals surface area contributed by atoms with Gasteiger partial charge in [0.05, 0.1) is 5.75 Å². The van der Waals surface area contributed by atoms with Gasteiger partial charge >= 0.3 is 0 Å². The summed E-state index contributed by atoms with van der Waals surface area (Å²) < 4.78 is 20.7. The van der Waals surface area contributed by atoms with Crippen LogP contribution in [-0.2, 0) is 16.5 Å². The molecule has 1 aromatic rings. The molecule has 0 saturated heterocycles. The van der Waals surface area contributed by atoms with E-state index in [2.05, 4.69) is 0 Å². The number of hydrogen-bond acceptors (Lipinski definition) is 3. The van der Waals surface area contributed by atoms with E-state index in [0.29, 0.717) is 11.1 Å². The lowest BCUT2D eigenvalue weighted by Crippen LogP contribution is -2.10. The number of hydrogen-bond donors (Lipinski definition) is 2. The van der Waals surface area contributed by atoms with Crippen LogP contribution in [0.25, 0.3) is 0 Å². The summed E-state index contributed by atoms with van der Waals surface area (Å²) >= 11 is 0. The van der Waals surface area contributed by atoms with Gasteiger partial charge in [-0.2, -0.15) is 0 Å². The van der Waals surface area contributed by atoms with Gasteiger partial charge in [-0.1, -0.05) is 12.1 Å². The molecule has 2 N–H and O–H groups in total. The average molecular weight is 199 g/mol. The van der Waals surface area contributed by atoms with Gasteiger partial charge in [0.2, 0.25) is 5.91 Å². The number of rotatable bonds is 3. The van der Waals surface area contributed by atoms with Crippen molar-refractivity contribution in [2.24, 2.45) is 5.73 Å². The Hall–Kier alpha value is -1.36. The minimum Gasteiger partial charge on any atom is -0.366 e. The maximum atomic E-state index is 10.6. The number of thiol groups is 1. The molecule has 0 bridgehead atoms. The van der Waals surface area contributed by atoms with Crippen LogP contribution in [0, 0.1) is 0 Å². The van der Waals surface area contributed by atoms with Crippen molar-refractivity contribution in [1.29, 1.82) is 0 Å². The lowest BCUT2D eigenvalue weighted by Gasteiger charge is -1.96. The Morgan fingerprint density at radius 3 is 2.15 bits per heavy atom. The third-order valence-electron chi connectivity index (χ3n) is 1.55. The molecule has 0 saturated carbocycles. The molecule has 0 atom stereocenters. The summed E-state index contributed by atoms with van der Waals surface area (Å²) in [4.78, 5) is 10.6. The molecule has 4 nitrogen and oxygen atoms in total. The van der Waals surface area contributed by atoms with Crippen molar-refractivity contribution >= 4 is 16.6 Å². The van der Waals surface area contributed by atoms with E-state index in [1.807, 2.05) is 0 Å². The highest BCUT2D eigenvalue weighted by Gasteiger charge is 1.99. The fourth-order valence-corrected chi connectivity index (χ4v) is 1.43. The highest BCUT2D eigenvalue weighted by Crippen LogP contribution is 2.04. The van der Waals surface area contributed by atoms with Gasteiger partial charge in [-0.15, -0.1) is 0 Å². The molecule has 1 rings (SSSR count). The Labute approximate surface area is 77.3 Å². The summed E-state index contributed by atoms with van der Waals surface area (Å²) in [6.07, 6.45) is 0. The fourth-order valence-electron chi connectivity index (χ4n) is 0.923. The Balaban J connectivity index is 2.87. The molecule has 0 aliphatic rings. The topological polar surface area (TPSA) is 77.2 Å². The third kappa shape index (κ3) is 2.87. The van der Waals surface area contributed by atoms with Crippen molar-refractivity contribution in [3.63, 3.8) is 0 Å². The number of carbonyl (C=O) groups excluding carboxylic acids is 1. The Morgan fingerprint density at radius 2 is 1.77 bits per heavy atom. The van der Waals surface area contributed by atoms with Crippen LogP contribution in [0.4, 0.5) is 0 Å². The molecule has 0 radical (unpaired) electrons. The summed E-state index contributed by atoms with van der Waals surface area (Å²) in [7, 11) is -2.42. The van der Waals surface area contributed by atoms with Crippen molar-refractivity contribution in [2.75, 3.05) is 0 Å². The predicted molar refractivity (Wildman–Crippen MR) is 49.0 cm³/mol. The monoisotopic (exact) mass is 199 g/mol. The zero-order valence-electron chi connectivity index (χ0n) is 6.77. The van der Waals surface area contributed by atoms with E-state index < -0.39 is 16.6 Å². The first kappa shape index (κ1) is 9.73. The SMILES string of the molecule is NC(=O)c1ccc(C[SH](=O)=O)cc1. The highest BCUT2D eigenvalue weighted by molar-refractivity contribution is 7.71. The summed E-state index contributed by atoms with van der Waals surface area (Å²) in [5.41, 5.74) is 6.04. The van der Waals surface area contributed by atoms with E-state index in [0.717, 1.165) is 0 Å². The molecule has 70 valence electrons. The van der Waals surface area contributed by atoms with Crippen LogP contribution in [0.3, 0.4) is 0 Å². The molecule has 0 aromatic heterocycles. The van der Waals surface area contributed by atoms with Crippen molar-refractivity contribution in [2.45, 2.75) is 5.75 Å². The van der Waals surface area contributed by atoms with Gasteiger partial charge in [0.25, 0.3) is 0 Å². The molecule has 0 fully saturated rings. The average Bonchev–Trinajstić information content (AvgIpc) is 2.04. The smallest absolute Gasteiger partial charge is 0.248 e. The number of carbonyl (C=O) groups is 1. The van der Waals surface area contributed by atoms with Gasteiger partial charge in [0.15, 0.2) is 0 Å². The second-order valence-electron chi connectivity index (χ2n) is 2.55. The van der Waals surface area contributed by atoms with Crippen molar-refractivity contribution < 1.29 is 13.2 Å². The summed E-state index contributed by atoms with van der Waals surface area (Å²) in [6.45, 7) is 0. The van der Waals surface area contributed by atoms with Gasteiger partial charge in [-0.3, -0.25) is 4.79 Å². The lowest BCUT2D eigenvalue weighted by atomic mass is 10.1. The molecule has 0 aliphatic heterocycles. The van der Waals surface area contributed by atoms with Crippen molar-refractivity contribution in [3.8, 4) is 0 Å². The Morgan fingerprint density at radius 1 is 1.23 bits per heavy atom. The molecular weight excluding hydrogens is 190 g/mol. The largest absolute Gasteiger partial charge is 0.366 e. The lowest BCUT2D eigenvalue weighted by molar-refractivity contribution is 0.100. The first-order valence-electron chi connectivity index (χ1n) is 3.60. The number of nitrogens with two attached hydrogens (primary N) is 1. The van der Waals surface area contributed by atoms with Crippen LogP contribution < -0.4 is 5.73 Å². The summed E-state index contributed by atoms with van der Waals surface area (Å²) in [5.74, 6) is -0.521. The molecule has 5 heteroatoms. The predicted octanol–water partition coefficient (Wildman–Crippen LogP) is -0.103. The van der Waals surface area contributed by atoms with Gasteiger partial charge in [-0.25, -0.2) is 8.42 Å². The normalized spacial score (nSPS) is 10.2. The van der Waals surface area contributed by atoms with Gasteiger partial charge in [0, 0.05) is 5.56 Å². The zero-order valence-corrected chi connectivity index (χ0v) is 7.66. The van der Waals surface area contributed by atoms with E-state index in [1.54, 1.807) is 12.1 Å². The number of amides is 1. The molecule has 0 unspecified atom stereocenters. The quantitative estimate of drug-likeness (QED) is 0.667. The van der Waals surface area contributed by atoms with Crippen molar-refractivity contribution in [1.82, 2.24) is 0 Å². The second-order valence-corrected chi connectivity index (χ2v) is 3.53. The van der Waals surface area contributed by atoms with Crippen LogP contribution >= 0.6 is 0 Å². The van der Waals surface area contributed by atoms with Crippen LogP contribution in [-0.4, -0.2) is 14.3 Å².